The van der Waals surface area contributed by atoms with Gasteiger partial charge in [0.05, 0.1) is 6.61 Å². The number of ether oxygens (including phenoxy) is 1. The first-order valence-electron chi connectivity index (χ1n) is 5.23. The summed E-state index contributed by atoms with van der Waals surface area (Å²) in [6.07, 6.45) is -0.787. The number of alkyl halides is 3. The van der Waals surface area contributed by atoms with Gasteiger partial charge in [0, 0.05) is 25.7 Å². The summed E-state index contributed by atoms with van der Waals surface area (Å²) in [7, 11) is 0. The molecule has 2 N–H and O–H groups in total. The largest absolute Gasteiger partial charge is 0.522 e. The standard InChI is InChI=1S/C9H17F3N2O/c10-9(11,12)15-7-6-13-4-5-14-8-2-1-3-8/h8,13-14H,1-7H2. The smallest absolute Gasteiger partial charge is 0.313 e. The predicted molar refractivity (Wildman–Crippen MR) is 50.5 cm³/mol. The second-order valence-electron chi connectivity index (χ2n) is 3.63. The molecule has 90 valence electrons. The molecule has 0 aromatic heterocycles. The monoisotopic (exact) mass is 226 g/mol. The van der Waals surface area contributed by atoms with Gasteiger partial charge in [0.25, 0.3) is 0 Å². The van der Waals surface area contributed by atoms with Crippen LogP contribution in [0, 0.1) is 0 Å². The van der Waals surface area contributed by atoms with Crippen LogP contribution in [-0.2, 0) is 4.74 Å². The molecule has 0 spiro atoms. The van der Waals surface area contributed by atoms with Crippen molar-refractivity contribution in [3.8, 4) is 0 Å². The van der Waals surface area contributed by atoms with Gasteiger partial charge in [-0.25, -0.2) is 0 Å². The van der Waals surface area contributed by atoms with Gasteiger partial charge in [-0.2, -0.15) is 0 Å². The average molecular weight is 226 g/mol. The first kappa shape index (κ1) is 12.7. The molecule has 0 bridgehead atoms. The van der Waals surface area contributed by atoms with Gasteiger partial charge in [-0.05, 0) is 12.8 Å². The third-order valence-corrected chi connectivity index (χ3v) is 2.38. The molecule has 1 rings (SSSR count). The maximum absolute atomic E-state index is 11.5. The minimum atomic E-state index is -4.51. The van der Waals surface area contributed by atoms with Crippen molar-refractivity contribution in [3.63, 3.8) is 0 Å². The molecule has 0 amide bonds. The predicted octanol–water partition coefficient (Wildman–Crippen LogP) is 1.25. The Kier molecular flexibility index (Phi) is 5.35. The third kappa shape index (κ3) is 6.70. The minimum absolute atomic E-state index is 0.228. The Morgan fingerprint density at radius 2 is 1.87 bits per heavy atom. The molecular weight excluding hydrogens is 209 g/mol. The first-order chi connectivity index (χ1) is 7.08. The van der Waals surface area contributed by atoms with E-state index in [0.717, 1.165) is 6.54 Å². The Balaban J connectivity index is 1.76. The van der Waals surface area contributed by atoms with Crippen LogP contribution in [0.15, 0.2) is 0 Å². The van der Waals surface area contributed by atoms with Crippen LogP contribution >= 0.6 is 0 Å². The van der Waals surface area contributed by atoms with E-state index in [1.165, 1.54) is 19.3 Å². The van der Waals surface area contributed by atoms with Gasteiger partial charge in [0.15, 0.2) is 0 Å². The van der Waals surface area contributed by atoms with Crippen LogP contribution in [-0.4, -0.2) is 38.6 Å². The number of halogens is 3. The first-order valence-corrected chi connectivity index (χ1v) is 5.23. The van der Waals surface area contributed by atoms with Gasteiger partial charge in [0.2, 0.25) is 0 Å². The summed E-state index contributed by atoms with van der Waals surface area (Å²) in [6.45, 7) is 1.38. The molecule has 0 heterocycles. The van der Waals surface area contributed by atoms with E-state index < -0.39 is 6.36 Å². The van der Waals surface area contributed by atoms with E-state index >= 15 is 0 Å². The zero-order chi connectivity index (χ0) is 11.1. The van der Waals surface area contributed by atoms with E-state index in [9.17, 15) is 13.2 Å². The zero-order valence-corrected chi connectivity index (χ0v) is 8.57. The van der Waals surface area contributed by atoms with E-state index in [-0.39, 0.29) is 13.2 Å². The van der Waals surface area contributed by atoms with E-state index in [0.29, 0.717) is 12.6 Å². The van der Waals surface area contributed by atoms with E-state index in [1.807, 2.05) is 0 Å². The Morgan fingerprint density at radius 1 is 1.13 bits per heavy atom. The van der Waals surface area contributed by atoms with Crippen molar-refractivity contribution in [2.24, 2.45) is 0 Å². The number of rotatable bonds is 7. The molecule has 1 aliphatic rings. The lowest BCUT2D eigenvalue weighted by molar-refractivity contribution is -0.323. The minimum Gasteiger partial charge on any atom is -0.313 e. The number of nitrogens with one attached hydrogen (secondary N) is 2. The van der Waals surface area contributed by atoms with Crippen LogP contribution in [0.3, 0.4) is 0 Å². The highest BCUT2D eigenvalue weighted by Crippen LogP contribution is 2.17. The lowest BCUT2D eigenvalue weighted by Gasteiger charge is -2.26. The van der Waals surface area contributed by atoms with Crippen LogP contribution in [0.2, 0.25) is 0 Å². The summed E-state index contributed by atoms with van der Waals surface area (Å²) < 4.78 is 38.2. The molecule has 1 aliphatic carbocycles. The highest BCUT2D eigenvalue weighted by atomic mass is 19.4. The van der Waals surface area contributed by atoms with E-state index in [4.69, 9.17) is 0 Å². The van der Waals surface area contributed by atoms with E-state index in [1.54, 1.807) is 0 Å². The summed E-state index contributed by atoms with van der Waals surface area (Å²) in [4.78, 5) is 0. The van der Waals surface area contributed by atoms with Crippen molar-refractivity contribution in [2.75, 3.05) is 26.2 Å². The van der Waals surface area contributed by atoms with Crippen LogP contribution in [0.4, 0.5) is 13.2 Å². The fourth-order valence-corrected chi connectivity index (χ4v) is 1.34. The maximum Gasteiger partial charge on any atom is 0.522 e. The summed E-state index contributed by atoms with van der Waals surface area (Å²) >= 11 is 0. The summed E-state index contributed by atoms with van der Waals surface area (Å²) in [5.41, 5.74) is 0. The van der Waals surface area contributed by atoms with Gasteiger partial charge in [0.1, 0.15) is 0 Å². The highest BCUT2D eigenvalue weighted by molar-refractivity contribution is 4.76. The zero-order valence-electron chi connectivity index (χ0n) is 8.57. The molecule has 0 aliphatic heterocycles. The van der Waals surface area contributed by atoms with Gasteiger partial charge in [-0.15, -0.1) is 13.2 Å². The topological polar surface area (TPSA) is 33.3 Å². The summed E-state index contributed by atoms with van der Waals surface area (Å²) in [5.74, 6) is 0. The highest BCUT2D eigenvalue weighted by Gasteiger charge is 2.28. The molecule has 0 saturated heterocycles. The Hall–Kier alpha value is -0.330. The van der Waals surface area contributed by atoms with Gasteiger partial charge in [-0.3, -0.25) is 4.74 Å². The molecule has 0 radical (unpaired) electrons. The molecule has 3 nitrogen and oxygen atoms in total. The Morgan fingerprint density at radius 3 is 2.40 bits per heavy atom. The SMILES string of the molecule is FC(F)(F)OCCNCCNC1CCC1. The van der Waals surface area contributed by atoms with Crippen molar-refractivity contribution in [2.45, 2.75) is 31.7 Å². The fourth-order valence-electron chi connectivity index (χ4n) is 1.34. The van der Waals surface area contributed by atoms with Crippen molar-refractivity contribution in [3.05, 3.63) is 0 Å². The lowest BCUT2D eigenvalue weighted by atomic mass is 9.93. The average Bonchev–Trinajstić information content (AvgIpc) is 2.04. The molecule has 0 aromatic rings. The van der Waals surface area contributed by atoms with Gasteiger partial charge >= 0.3 is 6.36 Å². The third-order valence-electron chi connectivity index (χ3n) is 2.38. The molecule has 0 atom stereocenters. The molecule has 1 fully saturated rings. The number of hydrogen-bond acceptors (Lipinski definition) is 3. The van der Waals surface area contributed by atoms with Gasteiger partial charge in [-0.1, -0.05) is 6.42 Å². The molecule has 0 aromatic carbocycles. The van der Waals surface area contributed by atoms with Crippen LogP contribution in [0.5, 0.6) is 0 Å². The van der Waals surface area contributed by atoms with Crippen molar-refractivity contribution in [1.29, 1.82) is 0 Å². The quantitative estimate of drug-likeness (QED) is 0.641. The van der Waals surface area contributed by atoms with Crippen molar-refractivity contribution < 1.29 is 17.9 Å². The molecule has 6 heteroatoms. The maximum atomic E-state index is 11.5. The Labute approximate surface area is 87.4 Å². The number of hydrogen-bond donors (Lipinski definition) is 2. The summed E-state index contributed by atoms with van der Waals surface area (Å²) in [6, 6.07) is 0.623. The van der Waals surface area contributed by atoms with Gasteiger partial charge < -0.3 is 10.6 Å². The van der Waals surface area contributed by atoms with Crippen LogP contribution in [0.25, 0.3) is 0 Å². The summed E-state index contributed by atoms with van der Waals surface area (Å²) in [5, 5.41) is 6.17. The molecule has 1 saturated carbocycles. The van der Waals surface area contributed by atoms with Crippen LogP contribution < -0.4 is 10.6 Å². The lowest BCUT2D eigenvalue weighted by Crippen LogP contribution is -2.39. The fraction of sp³-hybridized carbons (Fsp3) is 1.00. The van der Waals surface area contributed by atoms with Crippen LogP contribution in [0.1, 0.15) is 19.3 Å². The van der Waals surface area contributed by atoms with Crippen molar-refractivity contribution in [1.82, 2.24) is 10.6 Å². The molecule has 15 heavy (non-hydrogen) atoms. The Bertz CT molecular complexity index is 171. The normalized spacial score (nSPS) is 17.8. The molecular formula is C9H17F3N2O. The second-order valence-corrected chi connectivity index (χ2v) is 3.63. The van der Waals surface area contributed by atoms with E-state index in [2.05, 4.69) is 15.4 Å². The van der Waals surface area contributed by atoms with Crippen molar-refractivity contribution >= 4 is 0 Å². The molecule has 0 unspecified atom stereocenters. The second kappa shape index (κ2) is 6.30.